The molecule has 0 N–H and O–H groups in total. The SMILES string of the molecule is CCCCCCC1Oc2ccccc2O1. The maximum Gasteiger partial charge on any atom is 0.241 e. The molecule has 0 fully saturated rings. The molecule has 2 rings (SSSR count). The molecule has 0 aromatic heterocycles. The molecule has 0 atom stereocenters. The topological polar surface area (TPSA) is 18.5 Å². The lowest BCUT2D eigenvalue weighted by atomic mass is 10.1. The number of para-hydroxylation sites is 2. The van der Waals surface area contributed by atoms with Crippen molar-refractivity contribution in [1.82, 2.24) is 0 Å². The molecule has 1 aliphatic rings. The second-order valence-electron chi connectivity index (χ2n) is 3.96. The summed E-state index contributed by atoms with van der Waals surface area (Å²) in [6.45, 7) is 2.22. The molecule has 1 aromatic rings. The Morgan fingerprint density at radius 2 is 1.67 bits per heavy atom. The molecule has 0 saturated carbocycles. The van der Waals surface area contributed by atoms with Gasteiger partial charge in [0.15, 0.2) is 11.5 Å². The van der Waals surface area contributed by atoms with Crippen LogP contribution in [0.4, 0.5) is 0 Å². The highest BCUT2D eigenvalue weighted by Crippen LogP contribution is 2.35. The first-order valence-electron chi connectivity index (χ1n) is 5.82. The van der Waals surface area contributed by atoms with Crippen molar-refractivity contribution in [3.63, 3.8) is 0 Å². The Morgan fingerprint density at radius 1 is 1.00 bits per heavy atom. The Bertz CT molecular complexity index is 284. The van der Waals surface area contributed by atoms with E-state index in [0.29, 0.717) is 0 Å². The van der Waals surface area contributed by atoms with Crippen LogP contribution in [0.15, 0.2) is 24.3 Å². The molecule has 2 heteroatoms. The van der Waals surface area contributed by atoms with Crippen LogP contribution in [0, 0.1) is 0 Å². The van der Waals surface area contributed by atoms with E-state index in [2.05, 4.69) is 6.92 Å². The van der Waals surface area contributed by atoms with Crippen molar-refractivity contribution in [2.24, 2.45) is 0 Å². The molecular formula is C13H18O2. The molecule has 1 heterocycles. The molecule has 2 nitrogen and oxygen atoms in total. The Balaban J connectivity index is 1.76. The summed E-state index contributed by atoms with van der Waals surface area (Å²) in [6, 6.07) is 7.87. The van der Waals surface area contributed by atoms with E-state index in [-0.39, 0.29) is 6.29 Å². The summed E-state index contributed by atoms with van der Waals surface area (Å²) in [5.74, 6) is 1.77. The quantitative estimate of drug-likeness (QED) is 0.683. The van der Waals surface area contributed by atoms with E-state index in [4.69, 9.17) is 9.47 Å². The summed E-state index contributed by atoms with van der Waals surface area (Å²) < 4.78 is 11.3. The van der Waals surface area contributed by atoms with Gasteiger partial charge in [-0.2, -0.15) is 0 Å². The summed E-state index contributed by atoms with van der Waals surface area (Å²) in [6.07, 6.45) is 5.98. The van der Waals surface area contributed by atoms with Crippen molar-refractivity contribution >= 4 is 0 Å². The smallest absolute Gasteiger partial charge is 0.241 e. The summed E-state index contributed by atoms with van der Waals surface area (Å²) >= 11 is 0. The van der Waals surface area contributed by atoms with Crippen molar-refractivity contribution in [2.75, 3.05) is 0 Å². The maximum absolute atomic E-state index is 5.66. The largest absolute Gasteiger partial charge is 0.451 e. The zero-order chi connectivity index (χ0) is 10.5. The lowest BCUT2D eigenvalue weighted by Gasteiger charge is -2.09. The lowest BCUT2D eigenvalue weighted by molar-refractivity contribution is 0.0396. The van der Waals surface area contributed by atoms with Crippen molar-refractivity contribution in [2.45, 2.75) is 45.3 Å². The van der Waals surface area contributed by atoms with E-state index in [9.17, 15) is 0 Å². The van der Waals surface area contributed by atoms with Crippen LogP contribution in [0.25, 0.3) is 0 Å². The van der Waals surface area contributed by atoms with Crippen LogP contribution in [0.5, 0.6) is 11.5 Å². The minimum Gasteiger partial charge on any atom is -0.451 e. The van der Waals surface area contributed by atoms with Gasteiger partial charge in [-0.25, -0.2) is 0 Å². The average molecular weight is 206 g/mol. The van der Waals surface area contributed by atoms with Crippen LogP contribution in [-0.2, 0) is 0 Å². The number of hydrogen-bond acceptors (Lipinski definition) is 2. The fourth-order valence-corrected chi connectivity index (χ4v) is 1.81. The summed E-state index contributed by atoms with van der Waals surface area (Å²) in [7, 11) is 0. The van der Waals surface area contributed by atoms with E-state index >= 15 is 0 Å². The number of rotatable bonds is 5. The zero-order valence-corrected chi connectivity index (χ0v) is 9.24. The van der Waals surface area contributed by atoms with E-state index < -0.39 is 0 Å². The van der Waals surface area contributed by atoms with Crippen molar-refractivity contribution in [1.29, 1.82) is 0 Å². The first-order chi connectivity index (χ1) is 7.40. The van der Waals surface area contributed by atoms with Gasteiger partial charge >= 0.3 is 0 Å². The van der Waals surface area contributed by atoms with Gasteiger partial charge in [-0.1, -0.05) is 38.3 Å². The van der Waals surface area contributed by atoms with Gasteiger partial charge in [0.1, 0.15) is 0 Å². The number of hydrogen-bond donors (Lipinski definition) is 0. The third-order valence-corrected chi connectivity index (χ3v) is 2.66. The minimum absolute atomic E-state index is 0.0562. The molecule has 1 aliphatic heterocycles. The van der Waals surface area contributed by atoms with Gasteiger partial charge in [-0.3, -0.25) is 0 Å². The summed E-state index contributed by atoms with van der Waals surface area (Å²) in [5.41, 5.74) is 0. The Labute approximate surface area is 91.2 Å². The Hall–Kier alpha value is -1.18. The summed E-state index contributed by atoms with van der Waals surface area (Å²) in [5, 5.41) is 0. The third-order valence-electron chi connectivity index (χ3n) is 2.66. The molecule has 0 aliphatic carbocycles. The van der Waals surface area contributed by atoms with Crippen molar-refractivity contribution < 1.29 is 9.47 Å². The van der Waals surface area contributed by atoms with Crippen LogP contribution >= 0.6 is 0 Å². The van der Waals surface area contributed by atoms with Crippen molar-refractivity contribution in [3.8, 4) is 11.5 Å². The van der Waals surface area contributed by atoms with Crippen LogP contribution in [0.1, 0.15) is 39.0 Å². The van der Waals surface area contributed by atoms with E-state index in [1.807, 2.05) is 24.3 Å². The van der Waals surface area contributed by atoms with Gasteiger partial charge in [0.05, 0.1) is 0 Å². The number of ether oxygens (including phenoxy) is 2. The fraction of sp³-hybridized carbons (Fsp3) is 0.538. The standard InChI is InChI=1S/C13H18O2/c1-2-3-4-5-10-13-14-11-8-6-7-9-12(11)15-13/h6-9,13H,2-5,10H2,1H3. The number of unbranched alkanes of at least 4 members (excludes halogenated alkanes) is 3. The maximum atomic E-state index is 5.66. The minimum atomic E-state index is -0.0562. The molecular weight excluding hydrogens is 188 g/mol. The highest BCUT2D eigenvalue weighted by Gasteiger charge is 2.22. The van der Waals surface area contributed by atoms with Crippen LogP contribution in [0.2, 0.25) is 0 Å². The summed E-state index contributed by atoms with van der Waals surface area (Å²) in [4.78, 5) is 0. The first-order valence-corrected chi connectivity index (χ1v) is 5.82. The molecule has 1 aromatic carbocycles. The molecule has 0 spiro atoms. The molecule has 0 radical (unpaired) electrons. The second-order valence-corrected chi connectivity index (χ2v) is 3.96. The average Bonchev–Trinajstić information content (AvgIpc) is 2.67. The van der Waals surface area contributed by atoms with Gasteiger partial charge in [-0.15, -0.1) is 0 Å². The monoisotopic (exact) mass is 206 g/mol. The second kappa shape index (κ2) is 5.06. The molecule has 0 saturated heterocycles. The van der Waals surface area contributed by atoms with Gasteiger partial charge < -0.3 is 9.47 Å². The molecule has 15 heavy (non-hydrogen) atoms. The predicted molar refractivity (Wildman–Crippen MR) is 60.2 cm³/mol. The Morgan fingerprint density at radius 3 is 2.27 bits per heavy atom. The predicted octanol–water partition coefficient (Wildman–Crippen LogP) is 3.75. The van der Waals surface area contributed by atoms with Gasteiger partial charge in [0.25, 0.3) is 0 Å². The molecule has 0 unspecified atom stereocenters. The zero-order valence-electron chi connectivity index (χ0n) is 9.24. The van der Waals surface area contributed by atoms with Gasteiger partial charge in [0.2, 0.25) is 6.29 Å². The third kappa shape index (κ3) is 2.65. The molecule has 0 bridgehead atoms. The normalized spacial score (nSPS) is 14.5. The first kappa shape index (κ1) is 10.3. The van der Waals surface area contributed by atoms with Crippen molar-refractivity contribution in [3.05, 3.63) is 24.3 Å². The van der Waals surface area contributed by atoms with E-state index in [0.717, 1.165) is 17.9 Å². The van der Waals surface area contributed by atoms with Gasteiger partial charge in [0, 0.05) is 6.42 Å². The van der Waals surface area contributed by atoms with E-state index in [1.54, 1.807) is 0 Å². The highest BCUT2D eigenvalue weighted by atomic mass is 16.7. The van der Waals surface area contributed by atoms with E-state index in [1.165, 1.54) is 25.7 Å². The Kier molecular flexibility index (Phi) is 3.49. The highest BCUT2D eigenvalue weighted by molar-refractivity contribution is 5.41. The fourth-order valence-electron chi connectivity index (χ4n) is 1.81. The number of benzene rings is 1. The lowest BCUT2D eigenvalue weighted by Crippen LogP contribution is -2.17. The van der Waals surface area contributed by atoms with Gasteiger partial charge in [-0.05, 0) is 18.6 Å². The van der Waals surface area contributed by atoms with Crippen LogP contribution < -0.4 is 9.47 Å². The van der Waals surface area contributed by atoms with Crippen LogP contribution in [-0.4, -0.2) is 6.29 Å². The molecule has 0 amide bonds. The number of fused-ring (bicyclic) bond motifs is 1. The van der Waals surface area contributed by atoms with Crippen LogP contribution in [0.3, 0.4) is 0 Å². The molecule has 82 valence electrons.